The van der Waals surface area contributed by atoms with E-state index in [1.165, 1.54) is 33.2 Å². The lowest BCUT2D eigenvalue weighted by atomic mass is 9.96. The molecule has 2 N–H and O–H groups in total. The summed E-state index contributed by atoms with van der Waals surface area (Å²) in [5, 5.41) is 1.27. The molecule has 0 saturated heterocycles. The van der Waals surface area contributed by atoms with Gasteiger partial charge in [-0.25, -0.2) is 0 Å². The van der Waals surface area contributed by atoms with Crippen LogP contribution in [-0.2, 0) is 13.1 Å². The molecule has 1 heterocycles. The topological polar surface area (TPSA) is 30.9 Å². The molecule has 0 atom stereocenters. The molecule has 2 heteroatoms. The van der Waals surface area contributed by atoms with Crippen molar-refractivity contribution < 1.29 is 0 Å². The van der Waals surface area contributed by atoms with Gasteiger partial charge in [-0.1, -0.05) is 57.2 Å². The molecule has 0 aliphatic heterocycles. The van der Waals surface area contributed by atoms with Crippen molar-refractivity contribution in [1.82, 2.24) is 4.57 Å². The summed E-state index contributed by atoms with van der Waals surface area (Å²) < 4.78 is 2.36. The molecule has 2 nitrogen and oxygen atoms in total. The summed E-state index contributed by atoms with van der Waals surface area (Å²) in [4.78, 5) is 0. The van der Waals surface area contributed by atoms with E-state index in [1.54, 1.807) is 0 Å². The van der Waals surface area contributed by atoms with Crippen LogP contribution in [0.1, 0.15) is 31.9 Å². The minimum atomic E-state index is 0.233. The van der Waals surface area contributed by atoms with Crippen LogP contribution in [0.4, 0.5) is 0 Å². The molecule has 0 unspecified atom stereocenters. The van der Waals surface area contributed by atoms with Gasteiger partial charge in [0.25, 0.3) is 0 Å². The van der Waals surface area contributed by atoms with Crippen molar-refractivity contribution in [2.45, 2.75) is 40.8 Å². The van der Waals surface area contributed by atoms with E-state index in [4.69, 9.17) is 5.73 Å². The Labute approximate surface area is 138 Å². The lowest BCUT2D eigenvalue weighted by Crippen LogP contribution is -2.14. The molecule has 1 aromatic heterocycles. The molecule has 3 rings (SSSR count). The largest absolute Gasteiger partial charge is 0.347 e. The highest BCUT2D eigenvalue weighted by atomic mass is 15.0. The van der Waals surface area contributed by atoms with Gasteiger partial charge in [-0.05, 0) is 40.7 Å². The first-order valence-corrected chi connectivity index (χ1v) is 8.27. The Balaban J connectivity index is 2.18. The SMILES string of the molecule is Cc1ccccc1-c1ccc2c(CN)cn(CC(C)(C)C)c2c1. The number of fused-ring (bicyclic) bond motifs is 1. The fourth-order valence-corrected chi connectivity index (χ4v) is 3.24. The Morgan fingerprint density at radius 2 is 1.78 bits per heavy atom. The number of aromatic nitrogens is 1. The van der Waals surface area contributed by atoms with Gasteiger partial charge in [-0.2, -0.15) is 0 Å². The maximum atomic E-state index is 5.95. The Morgan fingerprint density at radius 3 is 2.43 bits per heavy atom. The van der Waals surface area contributed by atoms with E-state index < -0.39 is 0 Å². The summed E-state index contributed by atoms with van der Waals surface area (Å²) in [6, 6.07) is 15.3. The molecule has 0 bridgehead atoms. The molecule has 2 aromatic carbocycles. The maximum Gasteiger partial charge on any atom is 0.0490 e. The molecule has 3 aromatic rings. The van der Waals surface area contributed by atoms with Crippen LogP contribution in [0.25, 0.3) is 22.0 Å². The predicted octanol–water partition coefficient (Wildman–Crippen LogP) is 5.12. The van der Waals surface area contributed by atoms with Crippen molar-refractivity contribution in [3.63, 3.8) is 0 Å². The van der Waals surface area contributed by atoms with Crippen molar-refractivity contribution in [1.29, 1.82) is 0 Å². The molecule has 0 fully saturated rings. The van der Waals surface area contributed by atoms with Gasteiger partial charge in [0, 0.05) is 30.2 Å². The molecule has 0 aliphatic carbocycles. The van der Waals surface area contributed by atoms with Crippen LogP contribution in [0.3, 0.4) is 0 Å². The van der Waals surface area contributed by atoms with E-state index in [2.05, 4.69) is 80.9 Å². The third-order valence-corrected chi connectivity index (χ3v) is 4.29. The third kappa shape index (κ3) is 3.18. The average molecular weight is 306 g/mol. The fourth-order valence-electron chi connectivity index (χ4n) is 3.24. The van der Waals surface area contributed by atoms with Gasteiger partial charge in [0.2, 0.25) is 0 Å². The summed E-state index contributed by atoms with van der Waals surface area (Å²) in [6.45, 7) is 10.5. The monoisotopic (exact) mass is 306 g/mol. The number of aryl methyl sites for hydroxylation is 1. The Kier molecular flexibility index (Phi) is 4.03. The fraction of sp³-hybridized carbons (Fsp3) is 0.333. The van der Waals surface area contributed by atoms with Crippen LogP contribution in [0.2, 0.25) is 0 Å². The van der Waals surface area contributed by atoms with Crippen LogP contribution >= 0.6 is 0 Å². The summed E-state index contributed by atoms with van der Waals surface area (Å²) in [7, 11) is 0. The van der Waals surface area contributed by atoms with E-state index in [0.29, 0.717) is 6.54 Å². The highest BCUT2D eigenvalue weighted by molar-refractivity contribution is 5.88. The van der Waals surface area contributed by atoms with E-state index in [1.807, 2.05) is 0 Å². The summed E-state index contributed by atoms with van der Waals surface area (Å²) in [5.74, 6) is 0. The molecule has 23 heavy (non-hydrogen) atoms. The first-order valence-electron chi connectivity index (χ1n) is 8.27. The van der Waals surface area contributed by atoms with E-state index in [9.17, 15) is 0 Å². The zero-order chi connectivity index (χ0) is 16.6. The Bertz CT molecular complexity index is 835. The summed E-state index contributed by atoms with van der Waals surface area (Å²) in [6.07, 6.45) is 2.22. The predicted molar refractivity (Wildman–Crippen MR) is 99.5 cm³/mol. The second-order valence-corrected chi connectivity index (χ2v) is 7.59. The molecular formula is C21H26N2. The number of hydrogen-bond donors (Lipinski definition) is 1. The average Bonchev–Trinajstić information content (AvgIpc) is 2.83. The number of nitrogens with zero attached hydrogens (tertiary/aromatic N) is 1. The van der Waals surface area contributed by atoms with E-state index in [0.717, 1.165) is 6.54 Å². The van der Waals surface area contributed by atoms with Crippen LogP contribution in [-0.4, -0.2) is 4.57 Å². The molecule has 0 radical (unpaired) electrons. The van der Waals surface area contributed by atoms with Gasteiger partial charge in [0.15, 0.2) is 0 Å². The van der Waals surface area contributed by atoms with Gasteiger partial charge in [-0.3, -0.25) is 0 Å². The highest BCUT2D eigenvalue weighted by Crippen LogP contribution is 2.31. The lowest BCUT2D eigenvalue weighted by molar-refractivity contribution is 0.349. The van der Waals surface area contributed by atoms with Crippen molar-refractivity contribution in [3.8, 4) is 11.1 Å². The quantitative estimate of drug-likeness (QED) is 0.715. The number of rotatable bonds is 3. The molecule has 0 aliphatic rings. The minimum Gasteiger partial charge on any atom is -0.347 e. The highest BCUT2D eigenvalue weighted by Gasteiger charge is 2.15. The van der Waals surface area contributed by atoms with Crippen molar-refractivity contribution in [3.05, 3.63) is 59.8 Å². The van der Waals surface area contributed by atoms with Crippen LogP contribution in [0, 0.1) is 12.3 Å². The zero-order valence-electron chi connectivity index (χ0n) is 14.6. The van der Waals surface area contributed by atoms with Gasteiger partial charge >= 0.3 is 0 Å². The van der Waals surface area contributed by atoms with Gasteiger partial charge < -0.3 is 10.3 Å². The first-order chi connectivity index (χ1) is 10.9. The Hall–Kier alpha value is -2.06. The third-order valence-electron chi connectivity index (χ3n) is 4.29. The number of nitrogens with two attached hydrogens (primary N) is 1. The normalized spacial score (nSPS) is 12.0. The van der Waals surface area contributed by atoms with Crippen molar-refractivity contribution >= 4 is 10.9 Å². The maximum absolute atomic E-state index is 5.95. The van der Waals surface area contributed by atoms with Gasteiger partial charge in [0.1, 0.15) is 0 Å². The second kappa shape index (κ2) is 5.86. The second-order valence-electron chi connectivity index (χ2n) is 7.59. The summed E-state index contributed by atoms with van der Waals surface area (Å²) >= 11 is 0. The molecule has 0 amide bonds. The van der Waals surface area contributed by atoms with E-state index >= 15 is 0 Å². The van der Waals surface area contributed by atoms with Crippen LogP contribution < -0.4 is 5.73 Å². The first kappa shape index (κ1) is 15.8. The molecule has 0 spiro atoms. The van der Waals surface area contributed by atoms with Gasteiger partial charge in [-0.15, -0.1) is 0 Å². The van der Waals surface area contributed by atoms with Gasteiger partial charge in [0.05, 0.1) is 0 Å². The minimum absolute atomic E-state index is 0.233. The van der Waals surface area contributed by atoms with Crippen LogP contribution in [0.15, 0.2) is 48.7 Å². The smallest absolute Gasteiger partial charge is 0.0490 e. The molecule has 0 saturated carbocycles. The number of benzene rings is 2. The molecular weight excluding hydrogens is 280 g/mol. The zero-order valence-corrected chi connectivity index (χ0v) is 14.6. The van der Waals surface area contributed by atoms with Crippen molar-refractivity contribution in [2.24, 2.45) is 11.1 Å². The van der Waals surface area contributed by atoms with E-state index in [-0.39, 0.29) is 5.41 Å². The Morgan fingerprint density at radius 1 is 1.04 bits per heavy atom. The lowest BCUT2D eigenvalue weighted by Gasteiger charge is -2.20. The summed E-state index contributed by atoms with van der Waals surface area (Å²) in [5.41, 5.74) is 12.6. The molecule has 120 valence electrons. The number of hydrogen-bond acceptors (Lipinski definition) is 1. The standard InChI is InChI=1S/C21H26N2/c1-15-7-5-6-8-18(15)16-9-10-19-17(12-22)13-23(20(19)11-16)14-21(2,3)4/h5-11,13H,12,14,22H2,1-4H3. The van der Waals surface area contributed by atoms with Crippen LogP contribution in [0.5, 0.6) is 0 Å². The van der Waals surface area contributed by atoms with Crippen molar-refractivity contribution in [2.75, 3.05) is 0 Å².